The summed E-state index contributed by atoms with van der Waals surface area (Å²) in [6.45, 7) is 7.50. The van der Waals surface area contributed by atoms with Gasteiger partial charge in [-0.05, 0) is 13.8 Å². The normalized spacial score (nSPS) is 37.1. The zero-order chi connectivity index (χ0) is 9.64. The summed E-state index contributed by atoms with van der Waals surface area (Å²) in [7, 11) is 0. The van der Waals surface area contributed by atoms with Gasteiger partial charge >= 0.3 is 5.97 Å². The van der Waals surface area contributed by atoms with Gasteiger partial charge in [-0.15, -0.1) is 0 Å². The molecule has 0 saturated carbocycles. The average Bonchev–Trinajstić information content (AvgIpc) is 2.34. The quantitative estimate of drug-likeness (QED) is 0.409. The molecule has 4 nitrogen and oxygen atoms in total. The summed E-state index contributed by atoms with van der Waals surface area (Å²) >= 11 is 0. The number of carbonyl (C=O) groups excluding carboxylic acids is 1. The molecule has 2 rings (SSSR count). The van der Waals surface area contributed by atoms with E-state index in [1.54, 1.807) is 0 Å². The highest BCUT2D eigenvalue weighted by molar-refractivity contribution is 5.89. The first-order valence-corrected chi connectivity index (χ1v) is 4.21. The first kappa shape index (κ1) is 8.72. The highest BCUT2D eigenvalue weighted by Gasteiger charge is 2.47. The number of fused-ring (bicyclic) bond motifs is 1. The van der Waals surface area contributed by atoms with Gasteiger partial charge in [-0.1, -0.05) is 6.58 Å². The van der Waals surface area contributed by atoms with Crippen LogP contribution in [0.1, 0.15) is 13.8 Å². The Kier molecular flexibility index (Phi) is 1.72. The van der Waals surface area contributed by atoms with Gasteiger partial charge in [0.2, 0.25) is 0 Å². The molecule has 72 valence electrons. The van der Waals surface area contributed by atoms with Crippen LogP contribution in [0.2, 0.25) is 0 Å². The first-order valence-electron chi connectivity index (χ1n) is 4.21. The molecule has 0 bridgehead atoms. The van der Waals surface area contributed by atoms with Gasteiger partial charge < -0.3 is 14.2 Å². The predicted octanol–water partition coefficient (Wildman–Crippen LogP) is 0.619. The maximum atomic E-state index is 11.1. The van der Waals surface area contributed by atoms with Crippen molar-refractivity contribution in [3.63, 3.8) is 0 Å². The van der Waals surface area contributed by atoms with Crippen LogP contribution in [-0.2, 0) is 19.0 Å². The molecular formula is C9H12O4. The third-order valence-corrected chi connectivity index (χ3v) is 2.17. The summed E-state index contributed by atoms with van der Waals surface area (Å²) < 4.78 is 15.9. The van der Waals surface area contributed by atoms with E-state index >= 15 is 0 Å². The fourth-order valence-electron chi connectivity index (χ4n) is 1.62. The van der Waals surface area contributed by atoms with E-state index in [0.29, 0.717) is 5.57 Å². The van der Waals surface area contributed by atoms with E-state index in [1.807, 2.05) is 13.8 Å². The molecule has 0 N–H and O–H groups in total. The lowest BCUT2D eigenvalue weighted by atomic mass is 10.1. The van der Waals surface area contributed by atoms with Crippen molar-refractivity contribution in [2.75, 3.05) is 6.61 Å². The fraction of sp³-hybridized carbons (Fsp3) is 0.667. The van der Waals surface area contributed by atoms with E-state index in [-0.39, 0.29) is 24.8 Å². The van der Waals surface area contributed by atoms with Gasteiger partial charge in [0, 0.05) is 0 Å². The SMILES string of the molecule is C=C1C(=O)OC[C@H]2OC(C)(C)OC12. The Balaban J connectivity index is 2.20. The minimum absolute atomic E-state index is 0.194. The molecule has 2 aliphatic rings. The second-order valence-corrected chi connectivity index (χ2v) is 3.72. The number of ether oxygens (including phenoxy) is 3. The van der Waals surface area contributed by atoms with Crippen LogP contribution in [0.15, 0.2) is 12.2 Å². The molecule has 2 saturated heterocycles. The maximum absolute atomic E-state index is 11.1. The summed E-state index contributed by atoms with van der Waals surface area (Å²) in [5, 5.41) is 0. The molecular weight excluding hydrogens is 172 g/mol. The number of hydrogen-bond donors (Lipinski definition) is 0. The van der Waals surface area contributed by atoms with Crippen molar-refractivity contribution in [2.45, 2.75) is 31.8 Å². The molecule has 0 aliphatic carbocycles. The van der Waals surface area contributed by atoms with E-state index < -0.39 is 5.79 Å². The van der Waals surface area contributed by atoms with E-state index in [2.05, 4.69) is 6.58 Å². The molecule has 0 aromatic carbocycles. The smallest absolute Gasteiger partial charge is 0.336 e. The number of hydrogen-bond acceptors (Lipinski definition) is 4. The lowest BCUT2D eigenvalue weighted by Gasteiger charge is -2.23. The van der Waals surface area contributed by atoms with Crippen molar-refractivity contribution in [1.29, 1.82) is 0 Å². The average molecular weight is 184 g/mol. The van der Waals surface area contributed by atoms with Gasteiger partial charge in [0.05, 0.1) is 5.57 Å². The van der Waals surface area contributed by atoms with Gasteiger partial charge in [-0.25, -0.2) is 4.79 Å². The highest BCUT2D eigenvalue weighted by atomic mass is 16.8. The molecule has 0 aromatic rings. The van der Waals surface area contributed by atoms with Crippen LogP contribution in [0, 0.1) is 0 Å². The van der Waals surface area contributed by atoms with Crippen LogP contribution in [0.3, 0.4) is 0 Å². The van der Waals surface area contributed by atoms with Crippen LogP contribution in [0.4, 0.5) is 0 Å². The molecule has 2 fully saturated rings. The van der Waals surface area contributed by atoms with Crippen molar-refractivity contribution in [2.24, 2.45) is 0 Å². The van der Waals surface area contributed by atoms with Crippen LogP contribution in [0.5, 0.6) is 0 Å². The number of rotatable bonds is 0. The van der Waals surface area contributed by atoms with Gasteiger partial charge in [-0.3, -0.25) is 0 Å². The summed E-state index contributed by atoms with van der Waals surface area (Å²) in [6.07, 6.45) is -0.531. The van der Waals surface area contributed by atoms with Gasteiger partial charge in [0.25, 0.3) is 0 Å². The van der Waals surface area contributed by atoms with Crippen molar-refractivity contribution in [3.05, 3.63) is 12.2 Å². The van der Waals surface area contributed by atoms with Crippen LogP contribution < -0.4 is 0 Å². The molecule has 0 amide bonds. The topological polar surface area (TPSA) is 44.8 Å². The minimum atomic E-state index is -0.647. The largest absolute Gasteiger partial charge is 0.459 e. The third-order valence-electron chi connectivity index (χ3n) is 2.17. The summed E-state index contributed by atoms with van der Waals surface area (Å²) in [6, 6.07) is 0. The Morgan fingerprint density at radius 3 is 2.85 bits per heavy atom. The predicted molar refractivity (Wildman–Crippen MR) is 43.9 cm³/mol. The Labute approximate surface area is 76.5 Å². The van der Waals surface area contributed by atoms with E-state index in [4.69, 9.17) is 14.2 Å². The Bertz CT molecular complexity index is 269. The maximum Gasteiger partial charge on any atom is 0.336 e. The highest BCUT2D eigenvalue weighted by Crippen LogP contribution is 2.34. The van der Waals surface area contributed by atoms with Crippen molar-refractivity contribution < 1.29 is 19.0 Å². The second-order valence-electron chi connectivity index (χ2n) is 3.72. The lowest BCUT2D eigenvalue weighted by Crippen LogP contribution is -2.38. The molecule has 2 heterocycles. The van der Waals surface area contributed by atoms with Crippen LogP contribution in [0.25, 0.3) is 0 Å². The second kappa shape index (κ2) is 2.56. The minimum Gasteiger partial charge on any atom is -0.459 e. The van der Waals surface area contributed by atoms with Gasteiger partial charge in [0.1, 0.15) is 18.8 Å². The third kappa shape index (κ3) is 1.36. The Hall–Kier alpha value is -0.870. The van der Waals surface area contributed by atoms with Crippen molar-refractivity contribution >= 4 is 5.97 Å². The van der Waals surface area contributed by atoms with Gasteiger partial charge in [0.15, 0.2) is 5.79 Å². The molecule has 0 aromatic heterocycles. The number of cyclic esters (lactones) is 1. The lowest BCUT2D eigenvalue weighted by molar-refractivity contribution is -0.152. The molecule has 4 heteroatoms. The van der Waals surface area contributed by atoms with Gasteiger partial charge in [-0.2, -0.15) is 0 Å². The number of esters is 1. The number of carbonyl (C=O) groups is 1. The molecule has 2 atom stereocenters. The monoisotopic (exact) mass is 184 g/mol. The fourth-order valence-corrected chi connectivity index (χ4v) is 1.62. The molecule has 1 unspecified atom stereocenters. The summed E-state index contributed by atoms with van der Waals surface area (Å²) in [4.78, 5) is 11.1. The van der Waals surface area contributed by atoms with Crippen molar-refractivity contribution in [3.8, 4) is 0 Å². The zero-order valence-corrected chi connectivity index (χ0v) is 7.70. The van der Waals surface area contributed by atoms with E-state index in [0.717, 1.165) is 0 Å². The zero-order valence-electron chi connectivity index (χ0n) is 7.70. The summed E-state index contributed by atoms with van der Waals surface area (Å²) in [5.41, 5.74) is 0.349. The van der Waals surface area contributed by atoms with E-state index in [9.17, 15) is 4.79 Å². The van der Waals surface area contributed by atoms with Crippen molar-refractivity contribution in [1.82, 2.24) is 0 Å². The molecule has 13 heavy (non-hydrogen) atoms. The first-order chi connectivity index (χ1) is 5.99. The van der Waals surface area contributed by atoms with E-state index in [1.165, 1.54) is 0 Å². The molecule has 0 radical (unpaired) electrons. The van der Waals surface area contributed by atoms with Crippen LogP contribution in [-0.4, -0.2) is 30.6 Å². The van der Waals surface area contributed by atoms with Crippen LogP contribution >= 0.6 is 0 Å². The summed E-state index contributed by atoms with van der Waals surface area (Å²) in [5.74, 6) is -1.03. The molecule has 2 aliphatic heterocycles. The molecule has 0 spiro atoms. The Morgan fingerprint density at radius 1 is 1.46 bits per heavy atom. The standard InChI is InChI=1S/C9H12O4/c1-5-7-6(4-11-8(5)10)12-9(2,3)13-7/h6-7H,1,4H2,2-3H3/t6-,7?/m1/s1. The Morgan fingerprint density at radius 2 is 2.15 bits per heavy atom.